The van der Waals surface area contributed by atoms with E-state index in [-0.39, 0.29) is 24.1 Å². The SMILES string of the molecule is CNC(=O)c1cccc(NC(=O)C[C@@H]2Sc3ccccc3NC2=O)c1. The molecule has 0 bridgehead atoms. The van der Waals surface area contributed by atoms with Crippen molar-refractivity contribution in [3.63, 3.8) is 0 Å². The van der Waals surface area contributed by atoms with Crippen molar-refractivity contribution in [2.75, 3.05) is 17.7 Å². The summed E-state index contributed by atoms with van der Waals surface area (Å²) in [5.41, 5.74) is 1.75. The molecule has 0 radical (unpaired) electrons. The molecule has 7 heteroatoms. The first-order valence-corrected chi connectivity index (χ1v) is 8.63. The quantitative estimate of drug-likeness (QED) is 0.786. The van der Waals surface area contributed by atoms with E-state index in [4.69, 9.17) is 0 Å². The number of carbonyl (C=O) groups is 3. The molecular weight excluding hydrogens is 338 g/mol. The number of hydrogen-bond donors (Lipinski definition) is 3. The number of para-hydroxylation sites is 1. The van der Waals surface area contributed by atoms with Crippen molar-refractivity contribution in [3.05, 3.63) is 54.1 Å². The molecule has 1 heterocycles. The van der Waals surface area contributed by atoms with Gasteiger partial charge in [0, 0.05) is 29.6 Å². The average Bonchev–Trinajstić information content (AvgIpc) is 2.61. The molecular formula is C18H17N3O3S. The number of nitrogens with one attached hydrogen (secondary N) is 3. The van der Waals surface area contributed by atoms with E-state index in [1.165, 1.54) is 11.8 Å². The molecule has 6 nitrogen and oxygen atoms in total. The molecule has 1 aliphatic heterocycles. The number of carbonyl (C=O) groups excluding carboxylic acids is 3. The number of anilines is 2. The molecule has 25 heavy (non-hydrogen) atoms. The van der Waals surface area contributed by atoms with E-state index in [0.29, 0.717) is 11.3 Å². The van der Waals surface area contributed by atoms with E-state index in [2.05, 4.69) is 16.0 Å². The van der Waals surface area contributed by atoms with E-state index >= 15 is 0 Å². The van der Waals surface area contributed by atoms with Crippen molar-refractivity contribution in [1.29, 1.82) is 0 Å². The van der Waals surface area contributed by atoms with Crippen molar-refractivity contribution >= 4 is 40.9 Å². The lowest BCUT2D eigenvalue weighted by Crippen LogP contribution is -2.32. The summed E-state index contributed by atoms with van der Waals surface area (Å²) in [7, 11) is 1.55. The summed E-state index contributed by atoms with van der Waals surface area (Å²) >= 11 is 1.38. The van der Waals surface area contributed by atoms with Crippen LogP contribution in [0.2, 0.25) is 0 Å². The second-order valence-corrected chi connectivity index (χ2v) is 6.75. The molecule has 0 unspecified atom stereocenters. The molecule has 128 valence electrons. The molecule has 2 aromatic rings. The van der Waals surface area contributed by atoms with Crippen molar-refractivity contribution in [3.8, 4) is 0 Å². The van der Waals surface area contributed by atoms with Crippen LogP contribution in [0.5, 0.6) is 0 Å². The van der Waals surface area contributed by atoms with Gasteiger partial charge in [-0.05, 0) is 30.3 Å². The maximum atomic E-state index is 12.3. The molecule has 0 aromatic heterocycles. The van der Waals surface area contributed by atoms with Crippen molar-refractivity contribution < 1.29 is 14.4 Å². The lowest BCUT2D eigenvalue weighted by molar-refractivity contribution is -0.120. The summed E-state index contributed by atoms with van der Waals surface area (Å²) in [6, 6.07) is 14.1. The van der Waals surface area contributed by atoms with Gasteiger partial charge in [0.05, 0.1) is 10.9 Å². The molecule has 3 amide bonds. The van der Waals surface area contributed by atoms with Gasteiger partial charge in [0.2, 0.25) is 11.8 Å². The molecule has 3 N–H and O–H groups in total. The van der Waals surface area contributed by atoms with Crippen molar-refractivity contribution in [2.45, 2.75) is 16.6 Å². The Morgan fingerprint density at radius 2 is 1.96 bits per heavy atom. The summed E-state index contributed by atoms with van der Waals surface area (Å²) < 4.78 is 0. The molecule has 3 rings (SSSR count). The van der Waals surface area contributed by atoms with Crippen LogP contribution in [0.1, 0.15) is 16.8 Å². The van der Waals surface area contributed by atoms with E-state index in [1.54, 1.807) is 31.3 Å². The topological polar surface area (TPSA) is 87.3 Å². The predicted octanol–water partition coefficient (Wildman–Crippen LogP) is 2.49. The fourth-order valence-corrected chi connectivity index (χ4v) is 3.60. The van der Waals surface area contributed by atoms with Crippen LogP contribution in [0, 0.1) is 0 Å². The Morgan fingerprint density at radius 1 is 1.16 bits per heavy atom. The molecule has 0 aliphatic carbocycles. The Balaban J connectivity index is 1.65. The minimum atomic E-state index is -0.489. The second kappa shape index (κ2) is 7.40. The van der Waals surface area contributed by atoms with Crippen LogP contribution in [0.25, 0.3) is 0 Å². The highest BCUT2D eigenvalue weighted by Crippen LogP contribution is 2.36. The maximum absolute atomic E-state index is 12.3. The van der Waals surface area contributed by atoms with Gasteiger partial charge in [-0.25, -0.2) is 0 Å². The number of thioether (sulfide) groups is 1. The van der Waals surface area contributed by atoms with Crippen LogP contribution in [0.3, 0.4) is 0 Å². The predicted molar refractivity (Wildman–Crippen MR) is 97.8 cm³/mol. The lowest BCUT2D eigenvalue weighted by Gasteiger charge is -2.23. The first-order valence-electron chi connectivity index (χ1n) is 7.75. The number of rotatable bonds is 4. The molecule has 2 aromatic carbocycles. The first kappa shape index (κ1) is 17.0. The van der Waals surface area contributed by atoms with E-state index in [0.717, 1.165) is 10.6 Å². The molecule has 1 atom stereocenters. The minimum Gasteiger partial charge on any atom is -0.355 e. The first-order chi connectivity index (χ1) is 12.1. The number of fused-ring (bicyclic) bond motifs is 1. The summed E-state index contributed by atoms with van der Waals surface area (Å²) in [6.07, 6.45) is 0.0506. The van der Waals surface area contributed by atoms with Gasteiger partial charge < -0.3 is 16.0 Å². The van der Waals surface area contributed by atoms with E-state index < -0.39 is 5.25 Å². The largest absolute Gasteiger partial charge is 0.355 e. The highest BCUT2D eigenvalue weighted by molar-refractivity contribution is 8.01. The second-order valence-electron chi connectivity index (χ2n) is 5.50. The Bertz CT molecular complexity index is 838. The van der Waals surface area contributed by atoms with Gasteiger partial charge in [-0.2, -0.15) is 0 Å². The Labute approximate surface area is 149 Å². The van der Waals surface area contributed by atoms with E-state index in [1.807, 2.05) is 24.3 Å². The van der Waals surface area contributed by atoms with Gasteiger partial charge in [-0.3, -0.25) is 14.4 Å². The van der Waals surface area contributed by atoms with Crippen LogP contribution in [-0.4, -0.2) is 30.0 Å². The third kappa shape index (κ3) is 4.00. The highest BCUT2D eigenvalue weighted by Gasteiger charge is 2.28. The average molecular weight is 355 g/mol. The van der Waals surface area contributed by atoms with Gasteiger partial charge in [-0.1, -0.05) is 18.2 Å². The van der Waals surface area contributed by atoms with Gasteiger partial charge >= 0.3 is 0 Å². The Hall–Kier alpha value is -2.80. The standard InChI is InChI=1S/C18H17N3O3S/c1-19-17(23)11-5-4-6-12(9-11)20-16(22)10-15-18(24)21-13-7-2-3-8-14(13)25-15/h2-9,15H,10H2,1H3,(H,19,23)(H,20,22)(H,21,24)/t15-/m0/s1. The van der Waals surface area contributed by atoms with Gasteiger partial charge in [0.15, 0.2) is 0 Å². The fraction of sp³-hybridized carbons (Fsp3) is 0.167. The minimum absolute atomic E-state index is 0.0506. The zero-order chi connectivity index (χ0) is 17.8. The van der Waals surface area contributed by atoms with Gasteiger partial charge in [0.25, 0.3) is 5.91 Å². The molecule has 0 spiro atoms. The highest BCUT2D eigenvalue weighted by atomic mass is 32.2. The van der Waals surface area contributed by atoms with Crippen LogP contribution >= 0.6 is 11.8 Å². The number of benzene rings is 2. The van der Waals surface area contributed by atoms with Crippen molar-refractivity contribution in [1.82, 2.24) is 5.32 Å². The van der Waals surface area contributed by atoms with Gasteiger partial charge in [-0.15, -0.1) is 11.8 Å². The lowest BCUT2D eigenvalue weighted by atomic mass is 10.2. The monoisotopic (exact) mass is 355 g/mol. The van der Waals surface area contributed by atoms with Gasteiger partial charge in [0.1, 0.15) is 0 Å². The number of amides is 3. The van der Waals surface area contributed by atoms with Crippen LogP contribution in [-0.2, 0) is 9.59 Å². The summed E-state index contributed by atoms with van der Waals surface area (Å²) in [4.78, 5) is 37.0. The maximum Gasteiger partial charge on any atom is 0.251 e. The zero-order valence-electron chi connectivity index (χ0n) is 13.5. The molecule has 0 saturated carbocycles. The molecule has 0 saturated heterocycles. The Morgan fingerprint density at radius 3 is 2.76 bits per heavy atom. The zero-order valence-corrected chi connectivity index (χ0v) is 14.4. The summed E-state index contributed by atoms with van der Waals surface area (Å²) in [6.45, 7) is 0. The number of hydrogen-bond acceptors (Lipinski definition) is 4. The summed E-state index contributed by atoms with van der Waals surface area (Å²) in [5.74, 6) is -0.686. The van der Waals surface area contributed by atoms with E-state index in [9.17, 15) is 14.4 Å². The normalized spacial score (nSPS) is 15.7. The summed E-state index contributed by atoms with van der Waals surface area (Å²) in [5, 5.41) is 7.60. The Kier molecular flexibility index (Phi) is 5.04. The third-order valence-corrected chi connectivity index (χ3v) is 4.99. The molecule has 0 fully saturated rings. The van der Waals surface area contributed by atoms with Crippen LogP contribution in [0.15, 0.2) is 53.4 Å². The van der Waals surface area contributed by atoms with Crippen molar-refractivity contribution in [2.24, 2.45) is 0 Å². The van der Waals surface area contributed by atoms with Crippen LogP contribution < -0.4 is 16.0 Å². The smallest absolute Gasteiger partial charge is 0.251 e. The fourth-order valence-electron chi connectivity index (χ4n) is 2.49. The van der Waals surface area contributed by atoms with Crippen LogP contribution in [0.4, 0.5) is 11.4 Å². The molecule has 1 aliphatic rings. The third-order valence-electron chi connectivity index (χ3n) is 3.71.